The second-order valence-electron chi connectivity index (χ2n) is 2.57. The van der Waals surface area contributed by atoms with Crippen molar-refractivity contribution in [3.8, 4) is 0 Å². The normalized spacial score (nSPS) is 12.2. The van der Waals surface area contributed by atoms with Crippen molar-refractivity contribution < 1.29 is 20.4 Å². The topological polar surface area (TPSA) is 96.9 Å². The van der Waals surface area contributed by atoms with Crippen LogP contribution in [0.25, 0.3) is 0 Å². The van der Waals surface area contributed by atoms with Crippen LogP contribution in [0, 0.1) is 0 Å². The monoisotopic (exact) mass is 206 g/mol. The van der Waals surface area contributed by atoms with Gasteiger partial charge in [0.25, 0.3) is 5.91 Å². The first-order valence-corrected chi connectivity index (χ1v) is 5.27. The van der Waals surface area contributed by atoms with E-state index in [4.69, 9.17) is 0 Å². The molecule has 0 aromatic carbocycles. The molecule has 0 aliphatic carbocycles. The van der Waals surface area contributed by atoms with Gasteiger partial charge in [0, 0.05) is 6.42 Å². The Morgan fingerprint density at radius 3 is 2.69 bits per heavy atom. The van der Waals surface area contributed by atoms with E-state index < -0.39 is 12.5 Å². The van der Waals surface area contributed by atoms with Gasteiger partial charge in [-0.15, -0.1) is 0 Å². The Labute approximate surface area is 81.1 Å². The molecule has 0 aromatic rings. The molecular weight excluding hydrogens is 192 g/mol. The molecule has 13 heavy (non-hydrogen) atoms. The molecule has 0 bridgehead atoms. The molecule has 0 rings (SSSR count). The van der Waals surface area contributed by atoms with Gasteiger partial charge in [-0.1, -0.05) is 0 Å². The van der Waals surface area contributed by atoms with Crippen molar-refractivity contribution in [2.45, 2.75) is 12.5 Å². The van der Waals surface area contributed by atoms with Crippen molar-refractivity contribution in [3.63, 3.8) is 0 Å². The molecule has 0 spiro atoms. The van der Waals surface area contributed by atoms with Gasteiger partial charge in [-0.25, -0.2) is 0 Å². The number of rotatable bonds is 6. The minimum Gasteiger partial charge on any atom is -0.548 e. The zero-order valence-corrected chi connectivity index (χ0v) is 8.36. The number of hydrogen-bond acceptors (Lipinski definition) is 4. The van der Waals surface area contributed by atoms with Crippen molar-refractivity contribution in [2.24, 2.45) is 0 Å². The van der Waals surface area contributed by atoms with Crippen molar-refractivity contribution in [2.75, 3.05) is 18.6 Å². The van der Waals surface area contributed by atoms with E-state index in [9.17, 15) is 14.7 Å². The predicted octanol–water partition coefficient (Wildman–Crippen LogP) is -2.78. The number of nitrogens with one attached hydrogen (secondary N) is 1. The van der Waals surface area contributed by atoms with Gasteiger partial charge in [-0.2, -0.15) is 11.8 Å². The van der Waals surface area contributed by atoms with Gasteiger partial charge in [-0.05, 0) is 12.0 Å². The molecule has 6 heteroatoms. The largest absolute Gasteiger partial charge is 0.548 e. The Balaban J connectivity index is 3.63. The molecule has 1 amide bonds. The van der Waals surface area contributed by atoms with Crippen LogP contribution in [0.3, 0.4) is 0 Å². The average Bonchev–Trinajstić information content (AvgIpc) is 2.10. The Hall–Kier alpha value is -0.750. The third-order valence-electron chi connectivity index (χ3n) is 1.45. The van der Waals surface area contributed by atoms with E-state index >= 15 is 0 Å². The number of carboxylic acids is 1. The molecule has 0 unspecified atom stereocenters. The van der Waals surface area contributed by atoms with Gasteiger partial charge in [-0.3, -0.25) is 4.79 Å². The van der Waals surface area contributed by atoms with E-state index in [1.54, 1.807) is 11.8 Å². The molecule has 0 radical (unpaired) electrons. The standard InChI is InChI=1S/C7H14N2O3S/c1-13-3-2-5(8)7(12)9-4-6(10)11/h5H,2-4,8H2,1H3,(H,9,12)(H,10,11)/t5-/m1/s1. The summed E-state index contributed by atoms with van der Waals surface area (Å²) in [5.41, 5.74) is 3.61. The van der Waals surface area contributed by atoms with Crippen LogP contribution in [-0.4, -0.2) is 36.5 Å². The van der Waals surface area contributed by atoms with Gasteiger partial charge in [0.2, 0.25) is 0 Å². The summed E-state index contributed by atoms with van der Waals surface area (Å²) in [6, 6.07) is -0.383. The number of aliphatic carboxylic acids is 1. The molecule has 0 heterocycles. The molecule has 0 aliphatic heterocycles. The first-order valence-electron chi connectivity index (χ1n) is 3.87. The summed E-state index contributed by atoms with van der Waals surface area (Å²) in [5, 5.41) is 12.2. The van der Waals surface area contributed by atoms with E-state index in [0.29, 0.717) is 6.42 Å². The first kappa shape index (κ1) is 12.2. The summed E-state index contributed by atoms with van der Waals surface area (Å²) in [4.78, 5) is 21.1. The summed E-state index contributed by atoms with van der Waals surface area (Å²) in [6.07, 6.45) is 2.59. The third kappa shape index (κ3) is 6.41. The SMILES string of the molecule is CSCC[C@@H]([NH3+])C(=O)NCC(=O)[O-]. The number of carbonyl (C=O) groups excluding carboxylic acids is 2. The molecule has 0 aliphatic rings. The number of carbonyl (C=O) groups is 2. The highest BCUT2D eigenvalue weighted by atomic mass is 32.2. The first-order chi connectivity index (χ1) is 6.07. The van der Waals surface area contributed by atoms with E-state index in [1.165, 1.54) is 0 Å². The van der Waals surface area contributed by atoms with Crippen LogP contribution in [0.5, 0.6) is 0 Å². The predicted molar refractivity (Wildman–Crippen MR) is 47.7 cm³/mol. The second kappa shape index (κ2) is 6.73. The lowest BCUT2D eigenvalue weighted by Gasteiger charge is -2.08. The quantitative estimate of drug-likeness (QED) is 0.491. The Bertz CT molecular complexity index is 187. The van der Waals surface area contributed by atoms with Crippen LogP contribution in [0.4, 0.5) is 0 Å². The summed E-state index contributed by atoms with van der Waals surface area (Å²) >= 11 is 1.62. The fourth-order valence-electron chi connectivity index (χ4n) is 0.695. The zero-order chi connectivity index (χ0) is 10.3. The van der Waals surface area contributed by atoms with E-state index in [2.05, 4.69) is 11.1 Å². The second-order valence-corrected chi connectivity index (χ2v) is 3.55. The molecule has 0 fully saturated rings. The van der Waals surface area contributed by atoms with Gasteiger partial charge >= 0.3 is 0 Å². The zero-order valence-electron chi connectivity index (χ0n) is 7.54. The highest BCUT2D eigenvalue weighted by Crippen LogP contribution is 1.96. The summed E-state index contributed by atoms with van der Waals surface area (Å²) in [5.74, 6) is -0.781. The number of amides is 1. The third-order valence-corrected chi connectivity index (χ3v) is 2.09. The van der Waals surface area contributed by atoms with E-state index in [1.807, 2.05) is 6.26 Å². The molecule has 0 saturated carbocycles. The smallest absolute Gasteiger partial charge is 0.278 e. The van der Waals surface area contributed by atoms with Crippen molar-refractivity contribution >= 4 is 23.6 Å². The summed E-state index contributed by atoms with van der Waals surface area (Å²) < 4.78 is 0. The maximum Gasteiger partial charge on any atom is 0.278 e. The van der Waals surface area contributed by atoms with Crippen LogP contribution < -0.4 is 16.2 Å². The molecule has 1 atom stereocenters. The van der Waals surface area contributed by atoms with Crippen molar-refractivity contribution in [1.82, 2.24) is 5.32 Å². The van der Waals surface area contributed by atoms with E-state index in [-0.39, 0.29) is 11.9 Å². The molecule has 4 N–H and O–H groups in total. The number of carboxylic acid groups (broad SMARTS) is 1. The molecule has 76 valence electrons. The van der Waals surface area contributed by atoms with Crippen LogP contribution in [0.1, 0.15) is 6.42 Å². The number of quaternary nitrogens is 1. The van der Waals surface area contributed by atoms with Gasteiger partial charge < -0.3 is 21.0 Å². The Morgan fingerprint density at radius 1 is 1.62 bits per heavy atom. The number of thioether (sulfide) groups is 1. The fraction of sp³-hybridized carbons (Fsp3) is 0.714. The summed E-state index contributed by atoms with van der Waals surface area (Å²) in [6.45, 7) is -0.440. The Morgan fingerprint density at radius 2 is 2.23 bits per heavy atom. The van der Waals surface area contributed by atoms with Crippen LogP contribution >= 0.6 is 11.8 Å². The maximum atomic E-state index is 11.1. The molecule has 0 aromatic heterocycles. The lowest BCUT2D eigenvalue weighted by Crippen LogP contribution is -2.68. The van der Waals surface area contributed by atoms with Gasteiger partial charge in [0.1, 0.15) is 0 Å². The minimum atomic E-state index is -1.29. The van der Waals surface area contributed by atoms with E-state index in [0.717, 1.165) is 5.75 Å². The highest BCUT2D eigenvalue weighted by molar-refractivity contribution is 7.98. The lowest BCUT2D eigenvalue weighted by molar-refractivity contribution is -0.403. The van der Waals surface area contributed by atoms with Crippen LogP contribution in [-0.2, 0) is 9.59 Å². The van der Waals surface area contributed by atoms with Crippen LogP contribution in [0.2, 0.25) is 0 Å². The molecular formula is C7H14N2O3S. The number of hydrogen-bond donors (Lipinski definition) is 2. The van der Waals surface area contributed by atoms with Gasteiger partial charge in [0.05, 0.1) is 12.5 Å². The average molecular weight is 206 g/mol. The summed E-state index contributed by atoms with van der Waals surface area (Å²) in [7, 11) is 0. The minimum absolute atomic E-state index is 0.335. The molecule has 0 saturated heterocycles. The van der Waals surface area contributed by atoms with Crippen molar-refractivity contribution in [3.05, 3.63) is 0 Å². The molecule has 5 nitrogen and oxygen atoms in total. The lowest BCUT2D eigenvalue weighted by atomic mass is 10.2. The fourth-order valence-corrected chi connectivity index (χ4v) is 1.22. The Kier molecular flexibility index (Phi) is 6.34. The van der Waals surface area contributed by atoms with Crippen molar-refractivity contribution in [1.29, 1.82) is 0 Å². The maximum absolute atomic E-state index is 11.1. The highest BCUT2D eigenvalue weighted by Gasteiger charge is 2.15. The van der Waals surface area contributed by atoms with Crippen LogP contribution in [0.15, 0.2) is 0 Å². The van der Waals surface area contributed by atoms with Gasteiger partial charge in [0.15, 0.2) is 6.04 Å².